The summed E-state index contributed by atoms with van der Waals surface area (Å²) in [6.45, 7) is 0.0614. The third-order valence-corrected chi connectivity index (χ3v) is 7.58. The van der Waals surface area contributed by atoms with Crippen molar-refractivity contribution in [1.29, 1.82) is 0 Å². The van der Waals surface area contributed by atoms with Crippen molar-refractivity contribution in [3.63, 3.8) is 0 Å². The number of amides is 1. The van der Waals surface area contributed by atoms with Gasteiger partial charge in [0.1, 0.15) is 17.4 Å². The number of nitrogens with zero attached hydrogens (tertiary/aromatic N) is 3. The molecule has 246 valence electrons. The summed E-state index contributed by atoms with van der Waals surface area (Å²) in [4.78, 5) is 78.3. The highest BCUT2D eigenvalue weighted by Gasteiger charge is 2.27. The van der Waals surface area contributed by atoms with Crippen LogP contribution in [0.2, 0.25) is 0 Å². The number of carboxylic acids is 2. The summed E-state index contributed by atoms with van der Waals surface area (Å²) in [5.74, 6) is -3.42. The zero-order valence-electron chi connectivity index (χ0n) is 25.5. The first-order valence-corrected chi connectivity index (χ1v) is 14.9. The van der Waals surface area contributed by atoms with Gasteiger partial charge in [-0.15, -0.1) is 0 Å². The average molecular weight is 662 g/mol. The summed E-state index contributed by atoms with van der Waals surface area (Å²) in [6, 6.07) is 18.4. The lowest BCUT2D eigenvalue weighted by atomic mass is 9.93. The Morgan fingerprint density at radius 3 is 2.47 bits per heavy atom. The number of anilines is 2. The predicted molar refractivity (Wildman–Crippen MR) is 179 cm³/mol. The molecular weight excluding hydrogens is 634 g/mol. The normalized spacial score (nSPS) is 11.7. The molecule has 0 spiro atoms. The van der Waals surface area contributed by atoms with Crippen molar-refractivity contribution in [1.82, 2.24) is 25.3 Å². The van der Waals surface area contributed by atoms with E-state index in [4.69, 9.17) is 15.3 Å². The number of carbonyl (C=O) groups is 3. The molecule has 0 unspecified atom stereocenters. The summed E-state index contributed by atoms with van der Waals surface area (Å²) < 4.78 is 6.29. The quantitative estimate of drug-likeness (QED) is 0.117. The van der Waals surface area contributed by atoms with Crippen LogP contribution in [0.25, 0.3) is 44.6 Å². The van der Waals surface area contributed by atoms with Crippen LogP contribution < -0.4 is 27.4 Å². The topological polar surface area (TPSA) is 243 Å². The van der Waals surface area contributed by atoms with Crippen LogP contribution in [0.5, 0.6) is 0 Å². The summed E-state index contributed by atoms with van der Waals surface area (Å²) in [5, 5.41) is 24.6. The van der Waals surface area contributed by atoms with E-state index >= 15 is 0 Å². The number of carbonyl (C=O) groups excluding carboxylic acids is 1. The lowest BCUT2D eigenvalue weighted by Crippen LogP contribution is -2.41. The fraction of sp³-hybridized carbons (Fsp3) is 0.118. The fourth-order valence-electron chi connectivity index (χ4n) is 5.25. The van der Waals surface area contributed by atoms with Crippen LogP contribution in [-0.2, 0) is 16.1 Å². The fourth-order valence-corrected chi connectivity index (χ4v) is 5.25. The van der Waals surface area contributed by atoms with Crippen molar-refractivity contribution >= 4 is 51.6 Å². The Hall–Kier alpha value is -6.90. The van der Waals surface area contributed by atoms with Gasteiger partial charge in [-0.1, -0.05) is 42.5 Å². The van der Waals surface area contributed by atoms with Gasteiger partial charge in [-0.2, -0.15) is 4.98 Å². The maximum absolute atomic E-state index is 14.2. The SMILES string of the molecule is Nc1nc2ncc(CNc3ccc(C(=O)N[C@@H](CCC(=O)O)C(=O)O)c(-c4c(-c5ccccc5)oc5ccccc5c4=O)c3)nc2c(=O)[nH]1. The minimum Gasteiger partial charge on any atom is -0.481 e. The molecule has 1 amide bonds. The zero-order valence-corrected chi connectivity index (χ0v) is 25.5. The van der Waals surface area contributed by atoms with Crippen LogP contribution in [-0.4, -0.2) is 54.0 Å². The van der Waals surface area contributed by atoms with E-state index in [2.05, 4.69) is 30.6 Å². The number of aromatic nitrogens is 4. The van der Waals surface area contributed by atoms with Crippen molar-refractivity contribution < 1.29 is 29.0 Å². The highest BCUT2D eigenvalue weighted by atomic mass is 16.4. The van der Waals surface area contributed by atoms with E-state index in [9.17, 15) is 29.1 Å². The molecule has 15 nitrogen and oxygen atoms in total. The van der Waals surface area contributed by atoms with Gasteiger partial charge in [0.05, 0.1) is 29.4 Å². The number of carboxylic acid groups (broad SMARTS) is 2. The number of H-pyrrole nitrogens is 1. The number of para-hydroxylation sites is 1. The van der Waals surface area contributed by atoms with Crippen LogP contribution in [0.4, 0.5) is 11.6 Å². The predicted octanol–water partition coefficient (Wildman–Crippen LogP) is 3.40. The molecule has 6 rings (SSSR count). The van der Waals surface area contributed by atoms with E-state index in [0.29, 0.717) is 22.5 Å². The van der Waals surface area contributed by atoms with Crippen molar-refractivity contribution in [2.75, 3.05) is 11.1 Å². The number of nitrogen functional groups attached to an aromatic ring is 1. The van der Waals surface area contributed by atoms with Crippen LogP contribution in [0.15, 0.2) is 93.0 Å². The summed E-state index contributed by atoms with van der Waals surface area (Å²) >= 11 is 0. The first-order valence-electron chi connectivity index (χ1n) is 14.9. The number of nitrogens with one attached hydrogen (secondary N) is 3. The molecule has 0 aliphatic heterocycles. The highest BCUT2D eigenvalue weighted by Crippen LogP contribution is 2.36. The Labute approximate surface area is 275 Å². The number of rotatable bonds is 11. The van der Waals surface area contributed by atoms with Crippen molar-refractivity contribution in [2.24, 2.45) is 0 Å². The molecule has 7 N–H and O–H groups in total. The van der Waals surface area contributed by atoms with E-state index in [0.717, 1.165) is 0 Å². The molecule has 0 bridgehead atoms. The average Bonchev–Trinajstić information content (AvgIpc) is 3.09. The van der Waals surface area contributed by atoms with Gasteiger partial charge in [0, 0.05) is 28.8 Å². The lowest BCUT2D eigenvalue weighted by Gasteiger charge is -2.18. The molecule has 1 atom stereocenters. The van der Waals surface area contributed by atoms with Crippen LogP contribution in [0.3, 0.4) is 0 Å². The van der Waals surface area contributed by atoms with Gasteiger partial charge >= 0.3 is 11.9 Å². The minimum atomic E-state index is -1.52. The van der Waals surface area contributed by atoms with Crippen LogP contribution in [0, 0.1) is 0 Å². The van der Waals surface area contributed by atoms with Crippen LogP contribution >= 0.6 is 0 Å². The molecule has 3 aromatic carbocycles. The van der Waals surface area contributed by atoms with Gasteiger partial charge in [-0.05, 0) is 36.8 Å². The van der Waals surface area contributed by atoms with Gasteiger partial charge in [0.15, 0.2) is 11.2 Å². The first-order chi connectivity index (χ1) is 23.6. The van der Waals surface area contributed by atoms with Crippen molar-refractivity contribution in [2.45, 2.75) is 25.4 Å². The number of hydrogen-bond donors (Lipinski definition) is 6. The molecule has 0 aliphatic rings. The second-order valence-corrected chi connectivity index (χ2v) is 10.9. The van der Waals surface area contributed by atoms with E-state index < -0.39 is 41.3 Å². The largest absolute Gasteiger partial charge is 0.481 e. The second-order valence-electron chi connectivity index (χ2n) is 10.9. The van der Waals surface area contributed by atoms with E-state index in [1.807, 2.05) is 0 Å². The second kappa shape index (κ2) is 13.4. The van der Waals surface area contributed by atoms with Gasteiger partial charge in [0.25, 0.3) is 11.5 Å². The smallest absolute Gasteiger partial charge is 0.326 e. The van der Waals surface area contributed by atoms with Gasteiger partial charge in [0.2, 0.25) is 11.4 Å². The molecule has 6 aromatic rings. The number of fused-ring (bicyclic) bond motifs is 2. The summed E-state index contributed by atoms with van der Waals surface area (Å²) in [7, 11) is 0. The molecule has 0 saturated carbocycles. The molecule has 0 fully saturated rings. The zero-order chi connectivity index (χ0) is 34.7. The number of aromatic amines is 1. The summed E-state index contributed by atoms with van der Waals surface area (Å²) in [6.07, 6.45) is 0.557. The maximum Gasteiger partial charge on any atom is 0.326 e. The van der Waals surface area contributed by atoms with E-state index in [-0.39, 0.29) is 57.9 Å². The van der Waals surface area contributed by atoms with Crippen LogP contribution in [0.1, 0.15) is 28.9 Å². The Balaban J connectivity index is 1.47. The molecule has 0 radical (unpaired) electrons. The Morgan fingerprint density at radius 1 is 0.959 bits per heavy atom. The molecule has 3 aromatic heterocycles. The number of hydrogen-bond acceptors (Lipinski definition) is 11. The molecule has 49 heavy (non-hydrogen) atoms. The first kappa shape index (κ1) is 32.1. The van der Waals surface area contributed by atoms with Crippen molar-refractivity contribution in [3.05, 3.63) is 111 Å². The van der Waals surface area contributed by atoms with E-state index in [1.165, 1.54) is 12.3 Å². The number of aliphatic carboxylic acids is 2. The van der Waals surface area contributed by atoms with Gasteiger partial charge in [-0.3, -0.25) is 24.2 Å². The Kier molecular flexibility index (Phi) is 8.80. The molecular formula is C34H27N7O8. The summed E-state index contributed by atoms with van der Waals surface area (Å²) in [5.41, 5.74) is 6.38. The molecule has 3 heterocycles. The lowest BCUT2D eigenvalue weighted by molar-refractivity contribution is -0.140. The standard InChI is InChI=1S/C34H27N7O8/c35-34-40-30-27(32(46)41-34)38-19(16-37-30)15-36-18-10-11-20(31(45)39-23(33(47)48)12-13-25(42)43)22(14-18)26-28(44)21-8-4-5-9-24(21)49-29(26)17-6-2-1-3-7-17/h1-11,14,16,23,36H,12-13,15H2,(H,39,45)(H,42,43)(H,47,48)(H3,35,37,40,41,46)/t23-/m0/s1. The van der Waals surface area contributed by atoms with Gasteiger partial charge in [-0.25, -0.2) is 14.8 Å². The monoisotopic (exact) mass is 661 g/mol. The third kappa shape index (κ3) is 6.80. The Bertz CT molecular complexity index is 2370. The number of nitrogens with two attached hydrogens (primary N) is 1. The van der Waals surface area contributed by atoms with E-state index in [1.54, 1.807) is 66.7 Å². The molecule has 15 heteroatoms. The molecule has 0 saturated heterocycles. The highest BCUT2D eigenvalue weighted by molar-refractivity contribution is 6.05. The van der Waals surface area contributed by atoms with Crippen molar-refractivity contribution in [3.8, 4) is 22.5 Å². The third-order valence-electron chi connectivity index (χ3n) is 7.58. The van der Waals surface area contributed by atoms with Gasteiger partial charge < -0.3 is 31.0 Å². The molecule has 0 aliphatic carbocycles. The maximum atomic E-state index is 14.2. The minimum absolute atomic E-state index is 0.0154. The Morgan fingerprint density at radius 2 is 1.71 bits per heavy atom. The number of benzene rings is 3.